The highest BCUT2D eigenvalue weighted by Crippen LogP contribution is 2.64. The van der Waals surface area contributed by atoms with Gasteiger partial charge in [0.05, 0.1) is 10.3 Å². The Balaban J connectivity index is 1.87. The highest BCUT2D eigenvalue weighted by atomic mass is 32.2. The first-order valence-electron chi connectivity index (χ1n) is 7.55. The van der Waals surface area contributed by atoms with Gasteiger partial charge in [-0.25, -0.2) is 0 Å². The van der Waals surface area contributed by atoms with Gasteiger partial charge < -0.3 is 5.11 Å². The first kappa shape index (κ1) is 13.5. The zero-order chi connectivity index (χ0) is 13.5. The molecule has 0 aliphatic heterocycles. The van der Waals surface area contributed by atoms with Gasteiger partial charge in [-0.2, -0.15) is 0 Å². The van der Waals surface area contributed by atoms with Crippen molar-refractivity contribution < 1.29 is 5.11 Å². The number of hydrogen-bond donors (Lipinski definition) is 1. The standard InChI is InChI=1S/C17H24OS/c1-13-7-6-8-14(2)17(13,18)16(11-12-16)19-15-9-4-3-5-10-15/h3-5,9-10,13-14,18H,6-8,11-12H2,1-2H3. The van der Waals surface area contributed by atoms with E-state index in [1.807, 2.05) is 11.8 Å². The molecule has 0 amide bonds. The van der Waals surface area contributed by atoms with Crippen LogP contribution in [-0.2, 0) is 0 Å². The van der Waals surface area contributed by atoms with E-state index in [0.29, 0.717) is 11.8 Å². The lowest BCUT2D eigenvalue weighted by Crippen LogP contribution is -2.55. The van der Waals surface area contributed by atoms with Crippen molar-refractivity contribution in [1.82, 2.24) is 0 Å². The van der Waals surface area contributed by atoms with Crippen molar-refractivity contribution in [3.05, 3.63) is 30.3 Å². The Morgan fingerprint density at radius 3 is 2.16 bits per heavy atom. The monoisotopic (exact) mass is 276 g/mol. The van der Waals surface area contributed by atoms with Crippen LogP contribution in [-0.4, -0.2) is 15.5 Å². The summed E-state index contributed by atoms with van der Waals surface area (Å²) >= 11 is 1.92. The van der Waals surface area contributed by atoms with Crippen LogP contribution in [0.4, 0.5) is 0 Å². The first-order chi connectivity index (χ1) is 9.08. The molecule has 19 heavy (non-hydrogen) atoms. The van der Waals surface area contributed by atoms with Crippen molar-refractivity contribution in [1.29, 1.82) is 0 Å². The summed E-state index contributed by atoms with van der Waals surface area (Å²) in [6.45, 7) is 4.50. The summed E-state index contributed by atoms with van der Waals surface area (Å²) in [6, 6.07) is 10.6. The molecule has 2 saturated carbocycles. The van der Waals surface area contributed by atoms with Gasteiger partial charge in [-0.1, -0.05) is 38.5 Å². The van der Waals surface area contributed by atoms with Gasteiger partial charge in [-0.3, -0.25) is 0 Å². The van der Waals surface area contributed by atoms with Crippen molar-refractivity contribution in [2.75, 3.05) is 0 Å². The van der Waals surface area contributed by atoms with Crippen LogP contribution in [0.1, 0.15) is 46.0 Å². The third-order valence-corrected chi connectivity index (χ3v) is 6.90. The van der Waals surface area contributed by atoms with E-state index < -0.39 is 5.60 Å². The van der Waals surface area contributed by atoms with Crippen LogP contribution >= 0.6 is 11.8 Å². The zero-order valence-corrected chi connectivity index (χ0v) is 12.7. The second kappa shape index (κ2) is 4.82. The molecule has 2 atom stereocenters. The minimum Gasteiger partial charge on any atom is -0.388 e. The molecule has 2 aliphatic carbocycles. The number of benzene rings is 1. The zero-order valence-electron chi connectivity index (χ0n) is 11.9. The molecule has 104 valence electrons. The van der Waals surface area contributed by atoms with Crippen molar-refractivity contribution in [2.45, 2.75) is 61.2 Å². The van der Waals surface area contributed by atoms with Crippen molar-refractivity contribution >= 4 is 11.8 Å². The highest BCUT2D eigenvalue weighted by molar-refractivity contribution is 8.01. The van der Waals surface area contributed by atoms with E-state index in [1.165, 1.54) is 24.2 Å². The van der Waals surface area contributed by atoms with Crippen LogP contribution in [0.3, 0.4) is 0 Å². The molecule has 0 heterocycles. The van der Waals surface area contributed by atoms with Crippen molar-refractivity contribution in [3.8, 4) is 0 Å². The van der Waals surface area contributed by atoms with Gasteiger partial charge in [0.25, 0.3) is 0 Å². The predicted octanol–water partition coefficient (Wildman–Crippen LogP) is 4.50. The Labute approximate surface area is 120 Å². The largest absolute Gasteiger partial charge is 0.388 e. The van der Waals surface area contributed by atoms with E-state index in [-0.39, 0.29) is 4.75 Å². The van der Waals surface area contributed by atoms with Gasteiger partial charge in [0.15, 0.2) is 0 Å². The summed E-state index contributed by atoms with van der Waals surface area (Å²) in [5.41, 5.74) is -0.480. The predicted molar refractivity (Wildman–Crippen MR) is 81.4 cm³/mol. The molecule has 0 saturated heterocycles. The van der Waals surface area contributed by atoms with Crippen LogP contribution in [0, 0.1) is 11.8 Å². The number of hydrogen-bond acceptors (Lipinski definition) is 2. The average Bonchev–Trinajstić information content (AvgIpc) is 3.18. The lowest BCUT2D eigenvalue weighted by molar-refractivity contribution is -0.0895. The molecule has 1 aromatic carbocycles. The lowest BCUT2D eigenvalue weighted by atomic mass is 9.67. The SMILES string of the molecule is CC1CCCC(C)C1(O)C1(Sc2ccccc2)CC1. The smallest absolute Gasteiger partial charge is 0.0847 e. The topological polar surface area (TPSA) is 20.2 Å². The average molecular weight is 276 g/mol. The van der Waals surface area contributed by atoms with Crippen LogP contribution in [0.2, 0.25) is 0 Å². The molecule has 2 unspecified atom stereocenters. The Kier molecular flexibility index (Phi) is 3.43. The third kappa shape index (κ3) is 2.13. The fourth-order valence-electron chi connectivity index (χ4n) is 3.97. The maximum atomic E-state index is 11.4. The number of thioether (sulfide) groups is 1. The van der Waals surface area contributed by atoms with Crippen LogP contribution < -0.4 is 0 Å². The molecule has 0 aromatic heterocycles. The molecule has 2 heteroatoms. The van der Waals surface area contributed by atoms with E-state index in [1.54, 1.807) is 0 Å². The highest BCUT2D eigenvalue weighted by Gasteiger charge is 2.64. The Morgan fingerprint density at radius 2 is 1.63 bits per heavy atom. The van der Waals surface area contributed by atoms with Crippen LogP contribution in [0.5, 0.6) is 0 Å². The lowest BCUT2D eigenvalue weighted by Gasteiger charge is -2.49. The van der Waals surface area contributed by atoms with E-state index in [2.05, 4.69) is 44.2 Å². The number of rotatable bonds is 3. The van der Waals surface area contributed by atoms with Crippen LogP contribution in [0.15, 0.2) is 35.2 Å². The fraction of sp³-hybridized carbons (Fsp3) is 0.647. The van der Waals surface area contributed by atoms with E-state index in [4.69, 9.17) is 0 Å². The molecular weight excluding hydrogens is 252 g/mol. The summed E-state index contributed by atoms with van der Waals surface area (Å²) in [4.78, 5) is 1.30. The van der Waals surface area contributed by atoms with Gasteiger partial charge in [0, 0.05) is 4.90 Å². The summed E-state index contributed by atoms with van der Waals surface area (Å²) in [7, 11) is 0. The molecule has 0 spiro atoms. The maximum Gasteiger partial charge on any atom is 0.0847 e. The molecule has 2 aliphatic rings. The molecular formula is C17H24OS. The third-order valence-electron chi connectivity index (χ3n) is 5.27. The molecule has 1 N–H and O–H groups in total. The Hall–Kier alpha value is -0.470. The van der Waals surface area contributed by atoms with E-state index >= 15 is 0 Å². The van der Waals surface area contributed by atoms with Gasteiger partial charge in [-0.15, -0.1) is 11.8 Å². The van der Waals surface area contributed by atoms with Crippen molar-refractivity contribution in [3.63, 3.8) is 0 Å². The van der Waals surface area contributed by atoms with Gasteiger partial charge in [0.1, 0.15) is 0 Å². The minimum absolute atomic E-state index is 0.0770. The summed E-state index contributed by atoms with van der Waals surface area (Å²) in [5, 5.41) is 11.4. The molecule has 3 rings (SSSR count). The molecule has 2 fully saturated rings. The first-order valence-corrected chi connectivity index (χ1v) is 8.36. The maximum absolute atomic E-state index is 11.4. The second-order valence-electron chi connectivity index (χ2n) is 6.47. The van der Waals surface area contributed by atoms with Gasteiger partial charge in [0.2, 0.25) is 0 Å². The fourth-order valence-corrected chi connectivity index (χ4v) is 5.58. The second-order valence-corrected chi connectivity index (χ2v) is 7.92. The summed E-state index contributed by atoms with van der Waals surface area (Å²) < 4.78 is 0.0770. The normalized spacial score (nSPS) is 37.0. The number of aliphatic hydroxyl groups is 1. The van der Waals surface area contributed by atoms with Crippen molar-refractivity contribution in [2.24, 2.45) is 11.8 Å². The molecule has 0 bridgehead atoms. The Morgan fingerprint density at radius 1 is 1.05 bits per heavy atom. The Bertz CT molecular complexity index is 428. The van der Waals surface area contributed by atoms with Crippen LogP contribution in [0.25, 0.3) is 0 Å². The summed E-state index contributed by atoms with van der Waals surface area (Å²) in [5.74, 6) is 0.852. The minimum atomic E-state index is -0.480. The van der Waals surface area contributed by atoms with Gasteiger partial charge in [-0.05, 0) is 49.7 Å². The summed E-state index contributed by atoms with van der Waals surface area (Å²) in [6.07, 6.45) is 5.96. The van der Waals surface area contributed by atoms with Gasteiger partial charge >= 0.3 is 0 Å². The quantitative estimate of drug-likeness (QED) is 0.877. The van der Waals surface area contributed by atoms with E-state index in [0.717, 1.165) is 12.8 Å². The molecule has 0 radical (unpaired) electrons. The molecule has 1 nitrogen and oxygen atoms in total. The van der Waals surface area contributed by atoms with E-state index in [9.17, 15) is 5.11 Å². The molecule has 1 aromatic rings.